The Morgan fingerprint density at radius 2 is 2.15 bits per heavy atom. The summed E-state index contributed by atoms with van der Waals surface area (Å²) in [5.41, 5.74) is 9.77. The number of carbonyl (C=O) groups excluding carboxylic acids is 2. The third-order valence-corrected chi connectivity index (χ3v) is 5.34. The standard InChI is InChI=1S/C19H23N5O2/c1-2-17(25)23-10-8-16-14(11-23)18(20)22-24(16)19(26)13-7-9-21-15-6-4-3-5-12(13)15/h3-6,13,21H,2,7-11H2,1H3,(H2,20,22). The number of anilines is 2. The van der Waals surface area contributed by atoms with Crippen molar-refractivity contribution in [1.29, 1.82) is 0 Å². The monoisotopic (exact) mass is 353 g/mol. The second kappa shape index (κ2) is 6.48. The molecule has 26 heavy (non-hydrogen) atoms. The molecule has 1 atom stereocenters. The first-order valence-electron chi connectivity index (χ1n) is 9.11. The van der Waals surface area contributed by atoms with Crippen molar-refractivity contribution in [2.75, 3.05) is 24.1 Å². The Labute approximate surface area is 152 Å². The van der Waals surface area contributed by atoms with Gasteiger partial charge in [-0.25, -0.2) is 4.68 Å². The molecule has 2 aromatic rings. The van der Waals surface area contributed by atoms with Gasteiger partial charge in [0, 0.05) is 37.2 Å². The number of hydrogen-bond acceptors (Lipinski definition) is 5. The van der Waals surface area contributed by atoms with Crippen LogP contribution >= 0.6 is 0 Å². The molecule has 0 fully saturated rings. The van der Waals surface area contributed by atoms with E-state index in [0.717, 1.165) is 35.5 Å². The fraction of sp³-hybridized carbons (Fsp3) is 0.421. The molecule has 3 heterocycles. The van der Waals surface area contributed by atoms with Gasteiger partial charge in [0.2, 0.25) is 5.91 Å². The normalized spacial score (nSPS) is 18.7. The van der Waals surface area contributed by atoms with E-state index in [4.69, 9.17) is 5.73 Å². The van der Waals surface area contributed by atoms with Crippen LogP contribution in [0.3, 0.4) is 0 Å². The van der Waals surface area contributed by atoms with Crippen molar-refractivity contribution >= 4 is 23.3 Å². The van der Waals surface area contributed by atoms with Gasteiger partial charge in [-0.3, -0.25) is 9.59 Å². The van der Waals surface area contributed by atoms with E-state index in [1.165, 1.54) is 4.68 Å². The van der Waals surface area contributed by atoms with Crippen LogP contribution in [0.25, 0.3) is 0 Å². The number of nitrogens with zero attached hydrogens (tertiary/aromatic N) is 3. The van der Waals surface area contributed by atoms with Gasteiger partial charge in [0.05, 0.1) is 18.2 Å². The zero-order valence-electron chi connectivity index (χ0n) is 14.9. The highest BCUT2D eigenvalue weighted by Crippen LogP contribution is 2.34. The highest BCUT2D eigenvalue weighted by molar-refractivity contribution is 5.89. The first-order chi connectivity index (χ1) is 12.6. The predicted molar refractivity (Wildman–Crippen MR) is 99.0 cm³/mol. The zero-order chi connectivity index (χ0) is 18.3. The summed E-state index contributed by atoms with van der Waals surface area (Å²) >= 11 is 0. The molecule has 0 saturated carbocycles. The summed E-state index contributed by atoms with van der Waals surface area (Å²) in [4.78, 5) is 27.0. The Morgan fingerprint density at radius 1 is 1.35 bits per heavy atom. The summed E-state index contributed by atoms with van der Waals surface area (Å²) in [6, 6.07) is 7.90. The molecule has 0 saturated heterocycles. The third-order valence-electron chi connectivity index (χ3n) is 5.34. The number of hydrogen-bond donors (Lipinski definition) is 2. The lowest BCUT2D eigenvalue weighted by atomic mass is 9.90. The van der Waals surface area contributed by atoms with Crippen LogP contribution in [0.1, 0.15) is 47.3 Å². The van der Waals surface area contributed by atoms with Crippen molar-refractivity contribution in [2.24, 2.45) is 0 Å². The Kier molecular flexibility index (Phi) is 4.14. The highest BCUT2D eigenvalue weighted by Gasteiger charge is 2.33. The lowest BCUT2D eigenvalue weighted by molar-refractivity contribution is -0.131. The van der Waals surface area contributed by atoms with Crippen LogP contribution in [-0.4, -0.2) is 39.6 Å². The van der Waals surface area contributed by atoms with Gasteiger partial charge < -0.3 is 16.0 Å². The topological polar surface area (TPSA) is 93.2 Å². The van der Waals surface area contributed by atoms with Gasteiger partial charge in [0.15, 0.2) is 5.82 Å². The Bertz CT molecular complexity index is 873. The summed E-state index contributed by atoms with van der Waals surface area (Å²) in [5.74, 6) is 0.180. The maximum atomic E-state index is 13.3. The van der Waals surface area contributed by atoms with E-state index in [1.54, 1.807) is 4.90 Å². The molecule has 7 heteroatoms. The molecular formula is C19H23N5O2. The molecule has 1 aromatic carbocycles. The lowest BCUT2D eigenvalue weighted by Crippen LogP contribution is -2.37. The quantitative estimate of drug-likeness (QED) is 0.861. The van der Waals surface area contributed by atoms with Gasteiger partial charge in [0.25, 0.3) is 5.91 Å². The van der Waals surface area contributed by atoms with Crippen molar-refractivity contribution in [3.8, 4) is 0 Å². The molecule has 136 valence electrons. The second-order valence-corrected chi connectivity index (χ2v) is 6.83. The van der Waals surface area contributed by atoms with E-state index >= 15 is 0 Å². The van der Waals surface area contributed by atoms with E-state index in [1.807, 2.05) is 31.2 Å². The number of nitrogens with two attached hydrogens (primary N) is 1. The first-order valence-corrected chi connectivity index (χ1v) is 9.11. The Balaban J connectivity index is 1.66. The van der Waals surface area contributed by atoms with Gasteiger partial charge in [-0.1, -0.05) is 25.1 Å². The molecule has 2 aliphatic rings. The minimum absolute atomic E-state index is 0.0397. The summed E-state index contributed by atoms with van der Waals surface area (Å²) < 4.78 is 1.49. The van der Waals surface area contributed by atoms with Gasteiger partial charge in [-0.15, -0.1) is 5.10 Å². The summed E-state index contributed by atoms with van der Waals surface area (Å²) in [6.45, 7) is 3.64. The second-order valence-electron chi connectivity index (χ2n) is 6.83. The largest absolute Gasteiger partial charge is 0.385 e. The van der Waals surface area contributed by atoms with Crippen LogP contribution in [0.4, 0.5) is 11.5 Å². The molecule has 1 aromatic heterocycles. The smallest absolute Gasteiger partial charge is 0.254 e. The maximum Gasteiger partial charge on any atom is 0.254 e. The Morgan fingerprint density at radius 3 is 2.96 bits per heavy atom. The number of para-hydroxylation sites is 1. The van der Waals surface area contributed by atoms with Crippen molar-refractivity contribution < 1.29 is 9.59 Å². The SMILES string of the molecule is CCC(=O)N1CCc2c(c(N)nn2C(=O)C2CCNc3ccccc32)C1. The van der Waals surface area contributed by atoms with E-state index in [9.17, 15) is 9.59 Å². The lowest BCUT2D eigenvalue weighted by Gasteiger charge is -2.28. The molecule has 0 spiro atoms. The van der Waals surface area contributed by atoms with Crippen molar-refractivity contribution in [2.45, 2.75) is 38.6 Å². The molecule has 0 aliphatic carbocycles. The number of carbonyl (C=O) groups is 2. The van der Waals surface area contributed by atoms with Crippen molar-refractivity contribution in [1.82, 2.24) is 14.7 Å². The van der Waals surface area contributed by atoms with Gasteiger partial charge >= 0.3 is 0 Å². The van der Waals surface area contributed by atoms with Crippen LogP contribution in [0, 0.1) is 0 Å². The molecule has 0 radical (unpaired) electrons. The van der Waals surface area contributed by atoms with E-state index in [2.05, 4.69) is 10.4 Å². The fourth-order valence-electron chi connectivity index (χ4n) is 3.94. The number of amides is 1. The average Bonchev–Trinajstić information content (AvgIpc) is 3.02. The highest BCUT2D eigenvalue weighted by atomic mass is 16.2. The van der Waals surface area contributed by atoms with Gasteiger partial charge in [-0.05, 0) is 18.1 Å². The molecule has 1 unspecified atom stereocenters. The Hall–Kier alpha value is -2.83. The fourth-order valence-corrected chi connectivity index (χ4v) is 3.94. The molecule has 0 bridgehead atoms. The maximum absolute atomic E-state index is 13.3. The predicted octanol–water partition coefficient (Wildman–Crippen LogP) is 2.00. The third kappa shape index (κ3) is 2.64. The molecule has 2 aliphatic heterocycles. The molecule has 4 rings (SSSR count). The van der Waals surface area contributed by atoms with Crippen molar-refractivity contribution in [3.05, 3.63) is 41.1 Å². The zero-order valence-corrected chi connectivity index (χ0v) is 14.9. The summed E-state index contributed by atoms with van der Waals surface area (Å²) in [6.07, 6.45) is 1.79. The molecule has 7 nitrogen and oxygen atoms in total. The van der Waals surface area contributed by atoms with Crippen LogP contribution in [0.2, 0.25) is 0 Å². The van der Waals surface area contributed by atoms with Crippen LogP contribution in [-0.2, 0) is 17.8 Å². The minimum Gasteiger partial charge on any atom is -0.385 e. The number of aromatic nitrogens is 2. The van der Waals surface area contributed by atoms with E-state index < -0.39 is 0 Å². The summed E-state index contributed by atoms with van der Waals surface area (Å²) in [7, 11) is 0. The first kappa shape index (κ1) is 16.6. The number of rotatable bonds is 2. The van der Waals surface area contributed by atoms with Crippen LogP contribution in [0.15, 0.2) is 24.3 Å². The molecular weight excluding hydrogens is 330 g/mol. The van der Waals surface area contributed by atoms with E-state index in [-0.39, 0.29) is 17.7 Å². The van der Waals surface area contributed by atoms with Crippen LogP contribution in [0.5, 0.6) is 0 Å². The minimum atomic E-state index is -0.230. The van der Waals surface area contributed by atoms with Crippen molar-refractivity contribution in [3.63, 3.8) is 0 Å². The summed E-state index contributed by atoms with van der Waals surface area (Å²) in [5, 5.41) is 7.69. The van der Waals surface area contributed by atoms with Gasteiger partial charge in [0.1, 0.15) is 0 Å². The van der Waals surface area contributed by atoms with Gasteiger partial charge in [-0.2, -0.15) is 0 Å². The number of nitrogens with one attached hydrogen (secondary N) is 1. The molecule has 1 amide bonds. The average molecular weight is 353 g/mol. The molecule has 3 N–H and O–H groups in total. The van der Waals surface area contributed by atoms with E-state index in [0.29, 0.717) is 31.7 Å². The van der Waals surface area contributed by atoms with Crippen LogP contribution < -0.4 is 11.1 Å². The number of nitrogen functional groups attached to an aromatic ring is 1. The number of fused-ring (bicyclic) bond motifs is 2. The number of benzene rings is 1.